The molecule has 2 aromatic carbocycles. The number of benzene rings is 2. The number of amides is 2. The molecule has 1 saturated heterocycles. The lowest BCUT2D eigenvalue weighted by atomic mass is 10.1. The Morgan fingerprint density at radius 3 is 2.56 bits per heavy atom. The minimum Gasteiger partial charge on any atom is -0.340 e. The smallest absolute Gasteiger partial charge is 0.256 e. The summed E-state index contributed by atoms with van der Waals surface area (Å²) in [5.74, 6) is -1.59. The molecule has 2 amide bonds. The first-order chi connectivity index (χ1) is 11.9. The van der Waals surface area contributed by atoms with Crippen LogP contribution in [0, 0.1) is 19.7 Å². The fourth-order valence-electron chi connectivity index (χ4n) is 3.12. The topological polar surface area (TPSA) is 49.4 Å². The van der Waals surface area contributed by atoms with Crippen molar-refractivity contribution in [1.29, 1.82) is 0 Å². The van der Waals surface area contributed by atoms with E-state index in [4.69, 9.17) is 11.6 Å². The zero-order chi connectivity index (χ0) is 18.1. The SMILES string of the molecule is Cc1cc(C)cc(N2CCC(NC(=O)c3c(F)cccc3Cl)C2=O)c1. The van der Waals surface area contributed by atoms with Gasteiger partial charge in [-0.05, 0) is 55.7 Å². The fourth-order valence-corrected chi connectivity index (χ4v) is 3.37. The van der Waals surface area contributed by atoms with E-state index in [9.17, 15) is 14.0 Å². The minimum absolute atomic E-state index is 0.0223. The third-order valence-electron chi connectivity index (χ3n) is 4.22. The van der Waals surface area contributed by atoms with E-state index in [0.717, 1.165) is 16.8 Å². The van der Waals surface area contributed by atoms with Gasteiger partial charge in [0.25, 0.3) is 5.91 Å². The van der Waals surface area contributed by atoms with E-state index in [1.807, 2.05) is 32.0 Å². The molecule has 1 atom stereocenters. The Morgan fingerprint density at radius 1 is 1.24 bits per heavy atom. The quantitative estimate of drug-likeness (QED) is 0.908. The second kappa shape index (κ2) is 6.84. The van der Waals surface area contributed by atoms with Crippen LogP contribution in [0.15, 0.2) is 36.4 Å². The van der Waals surface area contributed by atoms with Gasteiger partial charge in [0.05, 0.1) is 10.6 Å². The largest absolute Gasteiger partial charge is 0.340 e. The summed E-state index contributed by atoms with van der Waals surface area (Å²) in [7, 11) is 0. The Labute approximate surface area is 150 Å². The van der Waals surface area contributed by atoms with Crippen LogP contribution in [0.25, 0.3) is 0 Å². The first-order valence-electron chi connectivity index (χ1n) is 8.01. The van der Waals surface area contributed by atoms with Gasteiger partial charge in [-0.3, -0.25) is 9.59 Å². The molecule has 1 heterocycles. The van der Waals surface area contributed by atoms with Crippen molar-refractivity contribution in [3.63, 3.8) is 0 Å². The highest BCUT2D eigenvalue weighted by atomic mass is 35.5. The predicted molar refractivity (Wildman–Crippen MR) is 95.6 cm³/mol. The Bertz CT molecular complexity index is 813. The molecule has 1 unspecified atom stereocenters. The molecule has 3 rings (SSSR count). The Balaban J connectivity index is 1.77. The highest BCUT2D eigenvalue weighted by Gasteiger charge is 2.34. The lowest BCUT2D eigenvalue weighted by Crippen LogP contribution is -2.42. The molecule has 0 aromatic heterocycles. The van der Waals surface area contributed by atoms with Gasteiger partial charge < -0.3 is 10.2 Å². The number of rotatable bonds is 3. The Hall–Kier alpha value is -2.40. The summed E-state index contributed by atoms with van der Waals surface area (Å²) < 4.78 is 13.9. The van der Waals surface area contributed by atoms with Crippen LogP contribution in [0.1, 0.15) is 27.9 Å². The fraction of sp³-hybridized carbons (Fsp3) is 0.263. The van der Waals surface area contributed by atoms with Crippen molar-refractivity contribution in [3.8, 4) is 0 Å². The van der Waals surface area contributed by atoms with Crippen LogP contribution >= 0.6 is 11.6 Å². The molecular formula is C19H18ClFN2O2. The zero-order valence-corrected chi connectivity index (χ0v) is 14.7. The van der Waals surface area contributed by atoms with Gasteiger partial charge in [0.15, 0.2) is 0 Å². The number of anilines is 1. The van der Waals surface area contributed by atoms with Crippen LogP contribution in [0.3, 0.4) is 0 Å². The van der Waals surface area contributed by atoms with E-state index >= 15 is 0 Å². The molecule has 1 aliphatic heterocycles. The first-order valence-corrected chi connectivity index (χ1v) is 8.39. The van der Waals surface area contributed by atoms with Gasteiger partial charge >= 0.3 is 0 Å². The summed E-state index contributed by atoms with van der Waals surface area (Å²) in [4.78, 5) is 26.6. The molecule has 4 nitrogen and oxygen atoms in total. The zero-order valence-electron chi connectivity index (χ0n) is 14.0. The van der Waals surface area contributed by atoms with Crippen molar-refractivity contribution in [1.82, 2.24) is 5.32 Å². The van der Waals surface area contributed by atoms with Crippen LogP contribution in [-0.2, 0) is 4.79 Å². The molecule has 1 N–H and O–H groups in total. The Kier molecular flexibility index (Phi) is 4.77. The third-order valence-corrected chi connectivity index (χ3v) is 4.53. The summed E-state index contributed by atoms with van der Waals surface area (Å²) in [5.41, 5.74) is 2.70. The van der Waals surface area contributed by atoms with Gasteiger partial charge in [0.1, 0.15) is 11.9 Å². The maximum Gasteiger partial charge on any atom is 0.256 e. The summed E-state index contributed by atoms with van der Waals surface area (Å²) in [6.45, 7) is 4.44. The van der Waals surface area contributed by atoms with Gasteiger partial charge in [-0.15, -0.1) is 0 Å². The summed E-state index contributed by atoms with van der Waals surface area (Å²) >= 11 is 5.91. The molecule has 6 heteroatoms. The average Bonchev–Trinajstić information content (AvgIpc) is 2.87. The number of carbonyl (C=O) groups is 2. The van der Waals surface area contributed by atoms with E-state index in [1.54, 1.807) is 4.90 Å². The normalized spacial score (nSPS) is 17.0. The monoisotopic (exact) mass is 360 g/mol. The van der Waals surface area contributed by atoms with E-state index in [0.29, 0.717) is 13.0 Å². The van der Waals surface area contributed by atoms with Gasteiger partial charge in [0, 0.05) is 12.2 Å². The van der Waals surface area contributed by atoms with Crippen molar-refractivity contribution in [2.45, 2.75) is 26.3 Å². The number of nitrogens with one attached hydrogen (secondary N) is 1. The number of halogens is 2. The van der Waals surface area contributed by atoms with Gasteiger partial charge in [-0.1, -0.05) is 23.7 Å². The highest BCUT2D eigenvalue weighted by Crippen LogP contribution is 2.25. The molecule has 0 aliphatic carbocycles. The predicted octanol–water partition coefficient (Wildman–Crippen LogP) is 3.63. The van der Waals surface area contributed by atoms with Gasteiger partial charge in [-0.2, -0.15) is 0 Å². The van der Waals surface area contributed by atoms with Crippen LogP contribution in [0.5, 0.6) is 0 Å². The maximum atomic E-state index is 13.9. The average molecular weight is 361 g/mol. The van der Waals surface area contributed by atoms with Crippen LogP contribution in [0.4, 0.5) is 10.1 Å². The molecular weight excluding hydrogens is 343 g/mol. The number of hydrogen-bond acceptors (Lipinski definition) is 2. The van der Waals surface area contributed by atoms with E-state index < -0.39 is 17.8 Å². The number of hydrogen-bond donors (Lipinski definition) is 1. The van der Waals surface area contributed by atoms with Crippen molar-refractivity contribution in [2.75, 3.05) is 11.4 Å². The summed E-state index contributed by atoms with van der Waals surface area (Å²) in [6.07, 6.45) is 0.462. The van der Waals surface area contributed by atoms with E-state index in [2.05, 4.69) is 5.32 Å². The van der Waals surface area contributed by atoms with Crippen molar-refractivity contribution < 1.29 is 14.0 Å². The first kappa shape index (κ1) is 17.4. The molecule has 0 spiro atoms. The van der Waals surface area contributed by atoms with Crippen LogP contribution in [-0.4, -0.2) is 24.4 Å². The maximum absolute atomic E-state index is 13.9. The number of carbonyl (C=O) groups excluding carboxylic acids is 2. The summed E-state index contributed by atoms with van der Waals surface area (Å²) in [5, 5.41) is 2.62. The second-order valence-corrected chi connectivity index (χ2v) is 6.65. The standard InChI is InChI=1S/C19H18ClFN2O2/c1-11-8-12(2)10-13(9-11)23-7-6-16(19(23)25)22-18(24)17-14(20)4-3-5-15(17)21/h3-5,8-10,16H,6-7H2,1-2H3,(H,22,24). The molecule has 130 valence electrons. The van der Waals surface area contributed by atoms with E-state index in [1.165, 1.54) is 18.2 Å². The summed E-state index contributed by atoms with van der Waals surface area (Å²) in [6, 6.07) is 9.24. The lowest BCUT2D eigenvalue weighted by molar-refractivity contribution is -0.118. The lowest BCUT2D eigenvalue weighted by Gasteiger charge is -2.18. The minimum atomic E-state index is -0.707. The van der Waals surface area contributed by atoms with Crippen molar-refractivity contribution >= 4 is 29.1 Å². The molecule has 1 fully saturated rings. The Morgan fingerprint density at radius 2 is 1.92 bits per heavy atom. The molecule has 1 aliphatic rings. The number of aryl methyl sites for hydroxylation is 2. The van der Waals surface area contributed by atoms with Gasteiger partial charge in [-0.25, -0.2) is 4.39 Å². The number of nitrogens with zero attached hydrogens (tertiary/aromatic N) is 1. The molecule has 2 aromatic rings. The molecule has 0 radical (unpaired) electrons. The second-order valence-electron chi connectivity index (χ2n) is 6.25. The van der Waals surface area contributed by atoms with Crippen LogP contribution < -0.4 is 10.2 Å². The third kappa shape index (κ3) is 3.51. The van der Waals surface area contributed by atoms with Crippen molar-refractivity contribution in [3.05, 3.63) is 63.9 Å². The molecule has 25 heavy (non-hydrogen) atoms. The van der Waals surface area contributed by atoms with Crippen molar-refractivity contribution in [2.24, 2.45) is 0 Å². The molecule has 0 saturated carbocycles. The highest BCUT2D eigenvalue weighted by molar-refractivity contribution is 6.34. The molecule has 0 bridgehead atoms. The van der Waals surface area contributed by atoms with Gasteiger partial charge in [0.2, 0.25) is 5.91 Å². The van der Waals surface area contributed by atoms with Crippen LogP contribution in [0.2, 0.25) is 5.02 Å². The van der Waals surface area contributed by atoms with E-state index in [-0.39, 0.29) is 16.5 Å².